The van der Waals surface area contributed by atoms with Crippen molar-refractivity contribution < 1.29 is 0 Å². The van der Waals surface area contributed by atoms with Crippen LogP contribution >= 0.6 is 0 Å². The highest BCUT2D eigenvalue weighted by Gasteiger charge is 2.23. The zero-order valence-corrected chi connectivity index (χ0v) is 10.2. The Morgan fingerprint density at radius 1 is 1.40 bits per heavy atom. The van der Waals surface area contributed by atoms with Crippen LogP contribution in [0, 0.1) is 5.92 Å². The fourth-order valence-electron chi connectivity index (χ4n) is 2.21. The summed E-state index contributed by atoms with van der Waals surface area (Å²) in [5.41, 5.74) is 2.69. The minimum absolute atomic E-state index is 0.600. The van der Waals surface area contributed by atoms with Crippen molar-refractivity contribution >= 4 is 5.96 Å². The largest absolute Gasteiger partial charge is 0.342 e. The van der Waals surface area contributed by atoms with Crippen LogP contribution in [0.4, 0.5) is 0 Å². The Morgan fingerprint density at radius 3 is 2.47 bits per heavy atom. The average molecular weight is 212 g/mol. The lowest BCUT2D eigenvalue weighted by atomic mass is 9.87. The minimum Gasteiger partial charge on any atom is -0.342 e. The summed E-state index contributed by atoms with van der Waals surface area (Å²) >= 11 is 0. The Hall–Kier alpha value is -0.770. The molecule has 15 heavy (non-hydrogen) atoms. The Labute approximate surface area is 92.9 Å². The molecule has 0 radical (unpaired) electrons. The summed E-state index contributed by atoms with van der Waals surface area (Å²) in [5, 5.41) is 0. The van der Waals surface area contributed by atoms with E-state index in [0.717, 1.165) is 18.4 Å². The molecule has 0 amide bonds. The SMILES string of the molecule is CCN=C(NN)N(C)C1CCC(C)CC1. The Balaban J connectivity index is 2.51. The first kappa shape index (κ1) is 12.3. The molecule has 1 saturated carbocycles. The molecule has 0 atom stereocenters. The van der Waals surface area contributed by atoms with Crippen LogP contribution in [0.3, 0.4) is 0 Å². The first-order valence-corrected chi connectivity index (χ1v) is 5.92. The van der Waals surface area contributed by atoms with Crippen molar-refractivity contribution in [3.05, 3.63) is 0 Å². The number of hydrogen-bond donors (Lipinski definition) is 2. The van der Waals surface area contributed by atoms with Crippen LogP contribution in [0.25, 0.3) is 0 Å². The van der Waals surface area contributed by atoms with Gasteiger partial charge in [0.2, 0.25) is 5.96 Å². The summed E-state index contributed by atoms with van der Waals surface area (Å²) in [7, 11) is 2.08. The molecular weight excluding hydrogens is 188 g/mol. The fourth-order valence-corrected chi connectivity index (χ4v) is 2.21. The maximum atomic E-state index is 5.47. The van der Waals surface area contributed by atoms with E-state index in [1.165, 1.54) is 25.7 Å². The van der Waals surface area contributed by atoms with E-state index in [1.807, 2.05) is 6.92 Å². The highest BCUT2D eigenvalue weighted by atomic mass is 15.4. The van der Waals surface area contributed by atoms with Gasteiger partial charge in [0, 0.05) is 19.6 Å². The van der Waals surface area contributed by atoms with Crippen LogP contribution in [-0.2, 0) is 0 Å². The van der Waals surface area contributed by atoms with E-state index >= 15 is 0 Å². The van der Waals surface area contributed by atoms with E-state index in [2.05, 4.69) is 29.3 Å². The minimum atomic E-state index is 0.600. The fraction of sp³-hybridized carbons (Fsp3) is 0.909. The summed E-state index contributed by atoms with van der Waals surface area (Å²) in [6, 6.07) is 0.600. The van der Waals surface area contributed by atoms with Crippen LogP contribution in [0.2, 0.25) is 0 Å². The van der Waals surface area contributed by atoms with E-state index in [1.54, 1.807) is 0 Å². The molecular formula is C11H24N4. The van der Waals surface area contributed by atoms with Crippen molar-refractivity contribution in [2.75, 3.05) is 13.6 Å². The average Bonchev–Trinajstić information content (AvgIpc) is 2.26. The first-order chi connectivity index (χ1) is 7.19. The molecule has 1 rings (SSSR count). The molecule has 0 unspecified atom stereocenters. The van der Waals surface area contributed by atoms with Gasteiger partial charge in [-0.05, 0) is 38.5 Å². The van der Waals surface area contributed by atoms with Gasteiger partial charge in [0.1, 0.15) is 0 Å². The molecule has 1 aliphatic carbocycles. The van der Waals surface area contributed by atoms with Crippen LogP contribution in [0.1, 0.15) is 39.5 Å². The van der Waals surface area contributed by atoms with Gasteiger partial charge in [0.05, 0.1) is 0 Å². The molecule has 0 aromatic rings. The number of rotatable bonds is 2. The van der Waals surface area contributed by atoms with Crippen LogP contribution < -0.4 is 11.3 Å². The first-order valence-electron chi connectivity index (χ1n) is 5.92. The maximum absolute atomic E-state index is 5.47. The summed E-state index contributed by atoms with van der Waals surface area (Å²) in [5.74, 6) is 7.17. The van der Waals surface area contributed by atoms with Crippen LogP contribution in [0.5, 0.6) is 0 Å². The molecule has 0 aromatic heterocycles. The second-order valence-electron chi connectivity index (χ2n) is 4.47. The van der Waals surface area contributed by atoms with Gasteiger partial charge in [0.25, 0.3) is 0 Å². The highest BCUT2D eigenvalue weighted by molar-refractivity contribution is 5.79. The number of nitrogens with one attached hydrogen (secondary N) is 1. The number of guanidine groups is 1. The van der Waals surface area contributed by atoms with Crippen LogP contribution in [-0.4, -0.2) is 30.5 Å². The van der Waals surface area contributed by atoms with Crippen molar-refractivity contribution in [1.82, 2.24) is 10.3 Å². The quantitative estimate of drug-likeness (QED) is 0.314. The number of nitrogens with two attached hydrogens (primary N) is 1. The van der Waals surface area contributed by atoms with Crippen molar-refractivity contribution in [3.8, 4) is 0 Å². The second kappa shape index (κ2) is 5.95. The third kappa shape index (κ3) is 3.38. The normalized spacial score (nSPS) is 27.6. The topological polar surface area (TPSA) is 53.6 Å². The highest BCUT2D eigenvalue weighted by Crippen LogP contribution is 2.26. The lowest BCUT2D eigenvalue weighted by molar-refractivity contribution is 0.234. The molecule has 0 aliphatic heterocycles. The third-order valence-electron chi connectivity index (χ3n) is 3.30. The van der Waals surface area contributed by atoms with E-state index in [9.17, 15) is 0 Å². The van der Waals surface area contributed by atoms with Gasteiger partial charge in [-0.3, -0.25) is 10.4 Å². The predicted molar refractivity (Wildman–Crippen MR) is 64.5 cm³/mol. The van der Waals surface area contributed by atoms with Gasteiger partial charge in [-0.25, -0.2) is 5.84 Å². The standard InChI is InChI=1S/C11H24N4/c1-4-13-11(14-12)15(3)10-7-5-9(2)6-8-10/h9-10H,4-8,12H2,1-3H3,(H,13,14). The maximum Gasteiger partial charge on any atom is 0.208 e. The van der Waals surface area contributed by atoms with E-state index in [0.29, 0.717) is 6.04 Å². The molecule has 0 aromatic carbocycles. The molecule has 1 fully saturated rings. The molecule has 0 spiro atoms. The zero-order chi connectivity index (χ0) is 11.3. The predicted octanol–water partition coefficient (Wildman–Crippen LogP) is 1.34. The summed E-state index contributed by atoms with van der Waals surface area (Å²) in [6.45, 7) is 5.12. The van der Waals surface area contributed by atoms with Crippen LogP contribution in [0.15, 0.2) is 4.99 Å². The van der Waals surface area contributed by atoms with Gasteiger partial charge in [-0.1, -0.05) is 6.92 Å². The number of nitrogens with zero attached hydrogens (tertiary/aromatic N) is 2. The second-order valence-corrected chi connectivity index (χ2v) is 4.47. The molecule has 0 heterocycles. The van der Waals surface area contributed by atoms with Gasteiger partial charge < -0.3 is 4.90 Å². The van der Waals surface area contributed by atoms with E-state index < -0.39 is 0 Å². The molecule has 0 bridgehead atoms. The number of hydrazine groups is 1. The molecule has 3 N–H and O–H groups in total. The summed E-state index contributed by atoms with van der Waals surface area (Å²) in [6.07, 6.45) is 5.14. The number of hydrogen-bond acceptors (Lipinski definition) is 2. The smallest absolute Gasteiger partial charge is 0.208 e. The molecule has 4 nitrogen and oxygen atoms in total. The lowest BCUT2D eigenvalue weighted by Gasteiger charge is -2.35. The molecule has 4 heteroatoms. The Kier molecular flexibility index (Phi) is 4.88. The molecule has 88 valence electrons. The number of aliphatic imine (C=N–C) groups is 1. The molecule has 0 saturated heterocycles. The van der Waals surface area contributed by atoms with E-state index in [4.69, 9.17) is 5.84 Å². The van der Waals surface area contributed by atoms with Gasteiger partial charge in [-0.2, -0.15) is 0 Å². The van der Waals surface area contributed by atoms with Crippen molar-refractivity contribution in [1.29, 1.82) is 0 Å². The summed E-state index contributed by atoms with van der Waals surface area (Å²) in [4.78, 5) is 6.53. The van der Waals surface area contributed by atoms with Gasteiger partial charge in [0.15, 0.2) is 0 Å². The Bertz CT molecular complexity index is 207. The Morgan fingerprint density at radius 2 is 2.00 bits per heavy atom. The summed E-state index contributed by atoms with van der Waals surface area (Å²) < 4.78 is 0. The van der Waals surface area contributed by atoms with Crippen molar-refractivity contribution in [2.45, 2.75) is 45.6 Å². The van der Waals surface area contributed by atoms with Gasteiger partial charge in [-0.15, -0.1) is 0 Å². The van der Waals surface area contributed by atoms with Gasteiger partial charge >= 0.3 is 0 Å². The van der Waals surface area contributed by atoms with E-state index in [-0.39, 0.29) is 0 Å². The lowest BCUT2D eigenvalue weighted by Crippen LogP contribution is -2.48. The molecule has 1 aliphatic rings. The zero-order valence-electron chi connectivity index (χ0n) is 10.2. The monoisotopic (exact) mass is 212 g/mol. The van der Waals surface area contributed by atoms with Crippen molar-refractivity contribution in [2.24, 2.45) is 16.8 Å². The third-order valence-corrected chi connectivity index (χ3v) is 3.30. The van der Waals surface area contributed by atoms with Crippen molar-refractivity contribution in [3.63, 3.8) is 0 Å².